The topological polar surface area (TPSA) is 43.4 Å². The number of Topliss-reactive ketones (excluding diaryl/α,β-unsaturated/α-hetero) is 1. The van der Waals surface area contributed by atoms with E-state index in [4.69, 9.17) is 4.74 Å². The molecule has 86 valence electrons. The number of halogens is 1. The average molecular weight is 277 g/mol. The Bertz CT molecular complexity index is 246. The molecule has 0 aliphatic rings. The van der Waals surface area contributed by atoms with Crippen molar-refractivity contribution < 1.29 is 14.3 Å². The van der Waals surface area contributed by atoms with Crippen LogP contribution in [0.1, 0.15) is 33.1 Å². The first-order chi connectivity index (χ1) is 7.17. The summed E-state index contributed by atoms with van der Waals surface area (Å²) in [7, 11) is 0. The third kappa shape index (κ3) is 5.72. The summed E-state index contributed by atoms with van der Waals surface area (Å²) in [6.07, 6.45) is 4.42. The Morgan fingerprint density at radius 3 is 2.47 bits per heavy atom. The van der Waals surface area contributed by atoms with Gasteiger partial charge in [-0.05, 0) is 13.3 Å². The van der Waals surface area contributed by atoms with Crippen molar-refractivity contribution in [2.24, 2.45) is 0 Å². The van der Waals surface area contributed by atoms with Crippen LogP contribution in [-0.4, -0.2) is 23.7 Å². The van der Waals surface area contributed by atoms with Crippen LogP contribution in [0.25, 0.3) is 0 Å². The zero-order chi connectivity index (χ0) is 11.7. The molecule has 15 heavy (non-hydrogen) atoms. The number of allylic oxidation sites excluding steroid dienone is 1. The minimum absolute atomic E-state index is 0.157. The van der Waals surface area contributed by atoms with E-state index in [0.717, 1.165) is 19.3 Å². The van der Waals surface area contributed by atoms with Crippen LogP contribution >= 0.6 is 15.9 Å². The van der Waals surface area contributed by atoms with Gasteiger partial charge in [-0.1, -0.05) is 41.8 Å². The van der Waals surface area contributed by atoms with E-state index in [0.29, 0.717) is 6.61 Å². The van der Waals surface area contributed by atoms with Crippen molar-refractivity contribution in [2.45, 2.75) is 33.1 Å². The number of hydrogen-bond acceptors (Lipinski definition) is 3. The molecular weight excluding hydrogens is 260 g/mol. The molecule has 0 saturated carbocycles. The first kappa shape index (κ1) is 14.4. The second-order valence-electron chi connectivity index (χ2n) is 3.04. The Labute approximate surface area is 99.0 Å². The second-order valence-corrected chi connectivity index (χ2v) is 3.60. The third-order valence-corrected chi connectivity index (χ3v) is 2.33. The van der Waals surface area contributed by atoms with E-state index >= 15 is 0 Å². The van der Waals surface area contributed by atoms with Gasteiger partial charge in [0.2, 0.25) is 0 Å². The van der Waals surface area contributed by atoms with Crippen molar-refractivity contribution in [2.75, 3.05) is 11.9 Å². The van der Waals surface area contributed by atoms with Gasteiger partial charge >= 0.3 is 5.97 Å². The molecule has 0 aliphatic heterocycles. The molecule has 0 heterocycles. The number of alkyl halides is 1. The largest absolute Gasteiger partial charge is 0.462 e. The molecule has 0 N–H and O–H groups in total. The minimum Gasteiger partial charge on any atom is -0.462 e. The molecule has 0 aromatic heterocycles. The van der Waals surface area contributed by atoms with Crippen LogP contribution in [0.2, 0.25) is 0 Å². The van der Waals surface area contributed by atoms with Crippen molar-refractivity contribution in [3.05, 3.63) is 11.6 Å². The Morgan fingerprint density at radius 2 is 2.00 bits per heavy atom. The molecule has 0 fully saturated rings. The van der Waals surface area contributed by atoms with Gasteiger partial charge in [-0.3, -0.25) is 4.79 Å². The monoisotopic (exact) mass is 276 g/mol. The van der Waals surface area contributed by atoms with E-state index in [9.17, 15) is 9.59 Å². The smallest absolute Gasteiger partial charge is 0.341 e. The van der Waals surface area contributed by atoms with Crippen molar-refractivity contribution in [3.8, 4) is 0 Å². The summed E-state index contributed by atoms with van der Waals surface area (Å²) >= 11 is 3.05. The molecule has 0 unspecified atom stereocenters. The predicted molar refractivity (Wildman–Crippen MR) is 63.0 cm³/mol. The Morgan fingerprint density at radius 1 is 1.33 bits per heavy atom. The molecule has 0 aromatic rings. The van der Waals surface area contributed by atoms with Gasteiger partial charge in [0.05, 0.1) is 17.5 Å². The normalized spacial score (nSPS) is 11.3. The predicted octanol–water partition coefficient (Wildman–Crippen LogP) is 2.63. The first-order valence-corrected chi connectivity index (χ1v) is 6.25. The van der Waals surface area contributed by atoms with Crippen LogP contribution in [0.15, 0.2) is 11.6 Å². The molecule has 0 aromatic carbocycles. The zero-order valence-corrected chi connectivity index (χ0v) is 10.8. The van der Waals surface area contributed by atoms with Crippen LogP contribution < -0.4 is 0 Å². The quantitative estimate of drug-likeness (QED) is 0.179. The van der Waals surface area contributed by atoms with Crippen molar-refractivity contribution in [3.63, 3.8) is 0 Å². The lowest BCUT2D eigenvalue weighted by atomic mass is 10.1. The fourth-order valence-corrected chi connectivity index (χ4v) is 1.34. The number of carbonyl (C=O) groups excluding carboxylic acids is 2. The number of ether oxygens (including phenoxy) is 1. The molecule has 0 atom stereocenters. The first-order valence-electron chi connectivity index (χ1n) is 5.13. The Hall–Kier alpha value is -0.640. The highest BCUT2D eigenvalue weighted by atomic mass is 79.9. The number of esters is 1. The van der Waals surface area contributed by atoms with Gasteiger partial charge in [-0.15, -0.1) is 0 Å². The van der Waals surface area contributed by atoms with Crippen molar-refractivity contribution in [1.29, 1.82) is 0 Å². The van der Waals surface area contributed by atoms with E-state index < -0.39 is 5.97 Å². The number of ketones is 1. The Kier molecular flexibility index (Phi) is 8.28. The highest BCUT2D eigenvalue weighted by Gasteiger charge is 2.17. The number of rotatable bonds is 7. The number of unbranched alkanes of at least 4 members (excludes halogenated alkanes) is 2. The van der Waals surface area contributed by atoms with E-state index in [2.05, 4.69) is 22.9 Å². The van der Waals surface area contributed by atoms with Crippen LogP contribution in [0.4, 0.5) is 0 Å². The lowest BCUT2D eigenvalue weighted by molar-refractivity contribution is -0.139. The maximum Gasteiger partial charge on any atom is 0.341 e. The zero-order valence-electron chi connectivity index (χ0n) is 9.22. The van der Waals surface area contributed by atoms with Gasteiger partial charge in [-0.25, -0.2) is 4.79 Å². The fraction of sp³-hybridized carbons (Fsp3) is 0.636. The van der Waals surface area contributed by atoms with Gasteiger partial charge in [0.1, 0.15) is 0 Å². The lowest BCUT2D eigenvalue weighted by Gasteiger charge is -2.04. The summed E-state index contributed by atoms with van der Waals surface area (Å²) in [5.74, 6) is -0.734. The minimum atomic E-state index is -0.516. The number of hydrogen-bond donors (Lipinski definition) is 0. The lowest BCUT2D eigenvalue weighted by Crippen LogP contribution is -2.16. The summed E-state index contributed by atoms with van der Waals surface area (Å²) in [5, 5.41) is 0.157. The van der Waals surface area contributed by atoms with E-state index in [1.54, 1.807) is 13.0 Å². The van der Waals surface area contributed by atoms with Crippen LogP contribution in [0, 0.1) is 0 Å². The van der Waals surface area contributed by atoms with Gasteiger partial charge in [0.15, 0.2) is 5.78 Å². The maximum absolute atomic E-state index is 11.4. The molecule has 0 rings (SSSR count). The summed E-state index contributed by atoms with van der Waals surface area (Å²) in [6, 6.07) is 0. The molecule has 0 aliphatic carbocycles. The number of carbonyl (C=O) groups is 2. The standard InChI is InChI=1S/C11H17BrO3/c1-3-5-6-7-9(10(13)8-12)11(14)15-4-2/h7H,3-6,8H2,1-2H3. The molecule has 4 heteroatoms. The molecule has 0 saturated heterocycles. The van der Waals surface area contributed by atoms with E-state index in [1.807, 2.05) is 0 Å². The molecule has 0 spiro atoms. The van der Waals surface area contributed by atoms with Crippen LogP contribution in [0.3, 0.4) is 0 Å². The van der Waals surface area contributed by atoms with Crippen LogP contribution in [0.5, 0.6) is 0 Å². The average Bonchev–Trinajstić information content (AvgIpc) is 2.23. The highest BCUT2D eigenvalue weighted by molar-refractivity contribution is 9.09. The van der Waals surface area contributed by atoms with Gasteiger partial charge in [-0.2, -0.15) is 0 Å². The van der Waals surface area contributed by atoms with Crippen molar-refractivity contribution >= 4 is 27.7 Å². The molecule has 0 amide bonds. The highest BCUT2D eigenvalue weighted by Crippen LogP contribution is 2.07. The summed E-state index contributed by atoms with van der Waals surface area (Å²) in [5.41, 5.74) is 0.169. The summed E-state index contributed by atoms with van der Waals surface area (Å²) in [4.78, 5) is 22.8. The third-order valence-electron chi connectivity index (χ3n) is 1.82. The van der Waals surface area contributed by atoms with E-state index in [-0.39, 0.29) is 16.7 Å². The second kappa shape index (κ2) is 8.65. The van der Waals surface area contributed by atoms with Crippen LogP contribution in [-0.2, 0) is 14.3 Å². The molecule has 0 radical (unpaired) electrons. The fourth-order valence-electron chi connectivity index (χ4n) is 1.04. The van der Waals surface area contributed by atoms with Gasteiger partial charge in [0, 0.05) is 0 Å². The van der Waals surface area contributed by atoms with E-state index in [1.165, 1.54) is 0 Å². The Balaban J connectivity index is 4.49. The van der Waals surface area contributed by atoms with Gasteiger partial charge in [0.25, 0.3) is 0 Å². The maximum atomic E-state index is 11.4. The van der Waals surface area contributed by atoms with Crippen molar-refractivity contribution in [1.82, 2.24) is 0 Å². The summed E-state index contributed by atoms with van der Waals surface area (Å²) < 4.78 is 4.81. The summed E-state index contributed by atoms with van der Waals surface area (Å²) in [6.45, 7) is 4.07. The molecule has 0 bridgehead atoms. The SMILES string of the molecule is CCCCC=C(C(=O)CBr)C(=O)OCC. The van der Waals surface area contributed by atoms with Gasteiger partial charge < -0.3 is 4.74 Å². The molecule has 3 nitrogen and oxygen atoms in total. The molecular formula is C11H17BrO3.